The van der Waals surface area contributed by atoms with Gasteiger partial charge in [0.05, 0.1) is 13.7 Å². The normalized spacial score (nSPS) is 9.83. The number of unbranched alkanes of at least 4 members (excludes halogenated alkanes) is 2. The Morgan fingerprint density at radius 2 is 2.06 bits per heavy atom. The predicted octanol–water partition coefficient (Wildman–Crippen LogP) is 2.27. The SMILES string of the molecule is COc1ccc(CNOCCCCC=C=O)cc1. The zero-order chi connectivity index (χ0) is 13.1. The van der Waals surface area contributed by atoms with Crippen molar-refractivity contribution in [3.63, 3.8) is 0 Å². The lowest BCUT2D eigenvalue weighted by Gasteiger charge is -2.06. The van der Waals surface area contributed by atoms with Crippen LogP contribution in [0, 0.1) is 0 Å². The van der Waals surface area contributed by atoms with E-state index in [-0.39, 0.29) is 0 Å². The van der Waals surface area contributed by atoms with Crippen LogP contribution in [0.5, 0.6) is 5.75 Å². The molecular formula is C14H19NO3. The molecule has 0 amide bonds. The summed E-state index contributed by atoms with van der Waals surface area (Å²) in [7, 11) is 1.65. The van der Waals surface area contributed by atoms with Gasteiger partial charge in [0.1, 0.15) is 11.7 Å². The number of hydroxylamine groups is 1. The van der Waals surface area contributed by atoms with E-state index in [1.54, 1.807) is 13.1 Å². The highest BCUT2D eigenvalue weighted by Gasteiger charge is 1.94. The van der Waals surface area contributed by atoms with Gasteiger partial charge < -0.3 is 9.57 Å². The van der Waals surface area contributed by atoms with E-state index < -0.39 is 0 Å². The van der Waals surface area contributed by atoms with Gasteiger partial charge in [-0.25, -0.2) is 4.79 Å². The number of allylic oxidation sites excluding steroid dienone is 1. The van der Waals surface area contributed by atoms with Gasteiger partial charge in [-0.15, -0.1) is 0 Å². The summed E-state index contributed by atoms with van der Waals surface area (Å²) >= 11 is 0. The number of hydrogen-bond donors (Lipinski definition) is 1. The van der Waals surface area contributed by atoms with Crippen LogP contribution in [0.3, 0.4) is 0 Å². The number of methoxy groups -OCH3 is 1. The number of carbonyl (C=O) groups excluding carboxylic acids is 1. The molecule has 0 aliphatic carbocycles. The molecule has 0 aliphatic heterocycles. The molecule has 0 atom stereocenters. The van der Waals surface area contributed by atoms with Gasteiger partial charge in [0.15, 0.2) is 0 Å². The van der Waals surface area contributed by atoms with Crippen LogP contribution < -0.4 is 10.2 Å². The van der Waals surface area contributed by atoms with Crippen LogP contribution in [-0.4, -0.2) is 19.7 Å². The van der Waals surface area contributed by atoms with Crippen LogP contribution in [0.25, 0.3) is 0 Å². The Bertz CT molecular complexity index is 369. The largest absolute Gasteiger partial charge is 0.497 e. The molecule has 4 nitrogen and oxygen atoms in total. The minimum atomic E-state index is 0.642. The first kappa shape index (κ1) is 14.5. The maximum Gasteiger partial charge on any atom is 0.120 e. The van der Waals surface area contributed by atoms with E-state index in [2.05, 4.69) is 5.48 Å². The summed E-state index contributed by atoms with van der Waals surface area (Å²) in [5.41, 5.74) is 4.04. The van der Waals surface area contributed by atoms with E-state index in [1.165, 1.54) is 6.08 Å². The fourth-order valence-corrected chi connectivity index (χ4v) is 1.43. The van der Waals surface area contributed by atoms with Crippen molar-refractivity contribution in [3.05, 3.63) is 35.9 Å². The third-order valence-electron chi connectivity index (χ3n) is 2.47. The zero-order valence-electron chi connectivity index (χ0n) is 10.6. The Kier molecular flexibility index (Phi) is 7.57. The minimum absolute atomic E-state index is 0.642. The first-order chi connectivity index (χ1) is 8.86. The summed E-state index contributed by atoms with van der Waals surface area (Å²) in [6.07, 6.45) is 4.14. The molecule has 18 heavy (non-hydrogen) atoms. The van der Waals surface area contributed by atoms with Gasteiger partial charge in [-0.3, -0.25) is 0 Å². The van der Waals surface area contributed by atoms with Crippen molar-refractivity contribution in [1.29, 1.82) is 0 Å². The highest BCUT2D eigenvalue weighted by Crippen LogP contribution is 2.10. The van der Waals surface area contributed by atoms with Crippen LogP contribution in [0.15, 0.2) is 30.3 Å². The lowest BCUT2D eigenvalue weighted by atomic mass is 10.2. The average molecular weight is 249 g/mol. The second-order valence-corrected chi connectivity index (χ2v) is 3.84. The topological polar surface area (TPSA) is 47.6 Å². The lowest BCUT2D eigenvalue weighted by molar-refractivity contribution is 0.0344. The first-order valence-electron chi connectivity index (χ1n) is 6.03. The van der Waals surface area contributed by atoms with Crippen LogP contribution >= 0.6 is 0 Å². The van der Waals surface area contributed by atoms with Crippen LogP contribution in [0.1, 0.15) is 24.8 Å². The third-order valence-corrected chi connectivity index (χ3v) is 2.47. The molecule has 0 aliphatic rings. The maximum absolute atomic E-state index is 9.91. The van der Waals surface area contributed by atoms with Gasteiger partial charge in [-0.05, 0) is 43.0 Å². The Balaban J connectivity index is 2.04. The molecule has 0 heterocycles. The molecule has 0 saturated carbocycles. The summed E-state index contributed by atoms with van der Waals surface area (Å²) in [6.45, 7) is 1.31. The van der Waals surface area contributed by atoms with Gasteiger partial charge in [0, 0.05) is 6.54 Å². The maximum atomic E-state index is 9.91. The summed E-state index contributed by atoms with van der Waals surface area (Å²) in [4.78, 5) is 15.2. The summed E-state index contributed by atoms with van der Waals surface area (Å²) in [5, 5.41) is 0. The number of nitrogens with one attached hydrogen (secondary N) is 1. The molecule has 1 N–H and O–H groups in total. The van der Waals surface area contributed by atoms with Crippen molar-refractivity contribution >= 4 is 5.94 Å². The molecule has 1 aromatic carbocycles. The van der Waals surface area contributed by atoms with Gasteiger partial charge in [0.25, 0.3) is 0 Å². The van der Waals surface area contributed by atoms with Gasteiger partial charge in [-0.1, -0.05) is 12.1 Å². The first-order valence-corrected chi connectivity index (χ1v) is 6.03. The highest BCUT2D eigenvalue weighted by atomic mass is 16.6. The highest BCUT2D eigenvalue weighted by molar-refractivity contribution is 5.44. The van der Waals surface area contributed by atoms with Crippen LogP contribution in [-0.2, 0) is 16.2 Å². The quantitative estimate of drug-likeness (QED) is 0.414. The smallest absolute Gasteiger partial charge is 0.120 e. The van der Waals surface area contributed by atoms with E-state index in [0.717, 1.165) is 30.6 Å². The molecule has 0 aromatic heterocycles. The molecule has 0 saturated heterocycles. The molecule has 0 unspecified atom stereocenters. The molecule has 0 bridgehead atoms. The molecule has 98 valence electrons. The van der Waals surface area contributed by atoms with Crippen molar-refractivity contribution in [3.8, 4) is 5.75 Å². The molecule has 1 aromatic rings. The van der Waals surface area contributed by atoms with Crippen molar-refractivity contribution in [2.45, 2.75) is 25.8 Å². The lowest BCUT2D eigenvalue weighted by Crippen LogP contribution is -2.14. The molecule has 4 heteroatoms. The molecule has 1 rings (SSSR count). The van der Waals surface area contributed by atoms with Gasteiger partial charge in [0.2, 0.25) is 0 Å². The fourth-order valence-electron chi connectivity index (χ4n) is 1.43. The Morgan fingerprint density at radius 3 is 2.72 bits per heavy atom. The standard InChI is InChI=1S/C14H19NO3/c1-17-14-8-6-13(7-9-14)12-15-18-11-5-3-2-4-10-16/h4,6-9,15H,2-3,5,11-12H2,1H3. The summed E-state index contributed by atoms with van der Waals surface area (Å²) < 4.78 is 5.08. The van der Waals surface area contributed by atoms with E-state index in [1.807, 2.05) is 24.3 Å². The zero-order valence-corrected chi connectivity index (χ0v) is 10.6. The van der Waals surface area contributed by atoms with Crippen molar-refractivity contribution in [1.82, 2.24) is 5.48 Å². The van der Waals surface area contributed by atoms with Crippen molar-refractivity contribution < 1.29 is 14.4 Å². The average Bonchev–Trinajstić information content (AvgIpc) is 2.42. The van der Waals surface area contributed by atoms with E-state index in [9.17, 15) is 4.79 Å². The third kappa shape index (κ3) is 6.21. The second kappa shape index (κ2) is 9.42. The molecule has 0 fully saturated rings. The number of rotatable bonds is 9. The number of benzene rings is 1. The minimum Gasteiger partial charge on any atom is -0.497 e. The second-order valence-electron chi connectivity index (χ2n) is 3.84. The Labute approximate surface area is 108 Å². The van der Waals surface area contributed by atoms with E-state index in [0.29, 0.717) is 13.2 Å². The Hall–Kier alpha value is -1.61. The fraction of sp³-hybridized carbons (Fsp3) is 0.429. The van der Waals surface area contributed by atoms with Crippen molar-refractivity contribution in [2.24, 2.45) is 0 Å². The monoisotopic (exact) mass is 249 g/mol. The molecular weight excluding hydrogens is 230 g/mol. The number of hydrogen-bond acceptors (Lipinski definition) is 4. The number of ether oxygens (including phenoxy) is 1. The Morgan fingerprint density at radius 1 is 1.28 bits per heavy atom. The summed E-state index contributed by atoms with van der Waals surface area (Å²) in [6, 6.07) is 7.82. The van der Waals surface area contributed by atoms with Crippen LogP contribution in [0.4, 0.5) is 0 Å². The van der Waals surface area contributed by atoms with Crippen molar-refractivity contribution in [2.75, 3.05) is 13.7 Å². The summed E-state index contributed by atoms with van der Waals surface area (Å²) in [5.74, 6) is 2.61. The predicted molar refractivity (Wildman–Crippen MR) is 69.9 cm³/mol. The molecule has 0 radical (unpaired) electrons. The van der Waals surface area contributed by atoms with E-state index >= 15 is 0 Å². The van der Waals surface area contributed by atoms with E-state index in [4.69, 9.17) is 9.57 Å². The van der Waals surface area contributed by atoms with Gasteiger partial charge >= 0.3 is 0 Å². The van der Waals surface area contributed by atoms with Crippen LogP contribution in [0.2, 0.25) is 0 Å². The molecule has 0 spiro atoms. The van der Waals surface area contributed by atoms with Gasteiger partial charge in [-0.2, -0.15) is 5.48 Å².